The summed E-state index contributed by atoms with van der Waals surface area (Å²) in [6, 6.07) is 0. The van der Waals surface area contributed by atoms with Crippen molar-refractivity contribution in [1.82, 2.24) is 19.0 Å². The lowest BCUT2D eigenvalue weighted by Crippen LogP contribution is -2.49. The Balaban J connectivity index is 1.99. The predicted octanol–water partition coefficient (Wildman–Crippen LogP) is 0.850. The molecule has 37 heavy (non-hydrogen) atoms. The molecule has 1 amide bonds. The molecule has 2 aromatic rings. The molecule has 14 heteroatoms. The SMILES string of the molecule is COCCCN(C(=O)[C@H]1CCCN(S(=O)(=O)c2c(C)noc2C)C1)c1c(N)n(CC(C)C)c(=O)[nH]c1=O. The Kier molecular flexibility index (Phi) is 8.97. The monoisotopic (exact) mass is 540 g/mol. The van der Waals surface area contributed by atoms with Crippen molar-refractivity contribution in [3.8, 4) is 0 Å². The molecule has 1 fully saturated rings. The van der Waals surface area contributed by atoms with E-state index in [1.807, 2.05) is 13.8 Å². The number of carbonyl (C=O) groups excluding carboxylic acids is 1. The molecule has 206 valence electrons. The largest absolute Gasteiger partial charge is 0.385 e. The van der Waals surface area contributed by atoms with Crippen molar-refractivity contribution in [2.75, 3.05) is 44.0 Å². The summed E-state index contributed by atoms with van der Waals surface area (Å²) in [6.07, 6.45) is 1.28. The quantitative estimate of drug-likeness (QED) is 0.414. The molecule has 0 aromatic carbocycles. The van der Waals surface area contributed by atoms with E-state index in [1.165, 1.54) is 27.8 Å². The molecule has 1 saturated heterocycles. The van der Waals surface area contributed by atoms with Gasteiger partial charge in [-0.25, -0.2) is 13.2 Å². The van der Waals surface area contributed by atoms with Gasteiger partial charge in [-0.05, 0) is 39.0 Å². The van der Waals surface area contributed by atoms with E-state index in [4.69, 9.17) is 15.0 Å². The van der Waals surface area contributed by atoms with Crippen LogP contribution in [-0.4, -0.2) is 66.7 Å². The number of aryl methyl sites for hydroxylation is 2. The number of H-pyrrole nitrogens is 1. The Labute approximate surface area is 215 Å². The number of carbonyl (C=O) groups is 1. The topological polar surface area (TPSA) is 174 Å². The van der Waals surface area contributed by atoms with E-state index in [-0.39, 0.29) is 60.0 Å². The van der Waals surface area contributed by atoms with Gasteiger partial charge in [-0.2, -0.15) is 4.31 Å². The van der Waals surface area contributed by atoms with Gasteiger partial charge in [0.25, 0.3) is 5.56 Å². The summed E-state index contributed by atoms with van der Waals surface area (Å²) in [5.74, 6) is -1.04. The fourth-order valence-corrected chi connectivity index (χ4v) is 6.45. The molecule has 0 aliphatic carbocycles. The Bertz CT molecular complexity index is 1320. The van der Waals surface area contributed by atoms with Crippen LogP contribution in [-0.2, 0) is 26.1 Å². The van der Waals surface area contributed by atoms with Crippen LogP contribution in [0.3, 0.4) is 0 Å². The molecule has 0 unspecified atom stereocenters. The molecular formula is C23H36N6O7S. The van der Waals surface area contributed by atoms with Gasteiger partial charge < -0.3 is 19.9 Å². The molecule has 3 heterocycles. The first-order valence-corrected chi connectivity index (χ1v) is 13.7. The minimum absolute atomic E-state index is 0.000926. The zero-order chi connectivity index (χ0) is 27.5. The maximum absolute atomic E-state index is 13.8. The van der Waals surface area contributed by atoms with Gasteiger partial charge in [-0.15, -0.1) is 0 Å². The van der Waals surface area contributed by atoms with Crippen molar-refractivity contribution < 1.29 is 22.5 Å². The van der Waals surface area contributed by atoms with Crippen LogP contribution in [0.15, 0.2) is 19.0 Å². The minimum Gasteiger partial charge on any atom is -0.385 e. The number of nitrogen functional groups attached to an aromatic ring is 1. The third-order valence-corrected chi connectivity index (χ3v) is 8.44. The van der Waals surface area contributed by atoms with Crippen molar-refractivity contribution in [1.29, 1.82) is 0 Å². The van der Waals surface area contributed by atoms with Crippen molar-refractivity contribution in [3.63, 3.8) is 0 Å². The number of rotatable bonds is 10. The van der Waals surface area contributed by atoms with E-state index in [1.54, 1.807) is 6.92 Å². The van der Waals surface area contributed by atoms with E-state index in [9.17, 15) is 22.8 Å². The first-order valence-electron chi connectivity index (χ1n) is 12.3. The average molecular weight is 541 g/mol. The summed E-state index contributed by atoms with van der Waals surface area (Å²) in [7, 11) is -2.43. The Morgan fingerprint density at radius 3 is 2.62 bits per heavy atom. The van der Waals surface area contributed by atoms with Gasteiger partial charge in [0.15, 0.2) is 11.4 Å². The Morgan fingerprint density at radius 1 is 1.32 bits per heavy atom. The molecule has 1 aliphatic rings. The average Bonchev–Trinajstić information content (AvgIpc) is 3.18. The summed E-state index contributed by atoms with van der Waals surface area (Å²) in [6.45, 7) is 7.71. The molecule has 3 rings (SSSR count). The number of aromatic nitrogens is 3. The number of anilines is 2. The number of nitrogens with two attached hydrogens (primary N) is 1. The van der Waals surface area contributed by atoms with E-state index >= 15 is 0 Å². The number of nitrogens with one attached hydrogen (secondary N) is 1. The van der Waals surface area contributed by atoms with Crippen LogP contribution in [0.1, 0.15) is 44.6 Å². The summed E-state index contributed by atoms with van der Waals surface area (Å²) in [5.41, 5.74) is 5.00. The summed E-state index contributed by atoms with van der Waals surface area (Å²) in [4.78, 5) is 42.7. The van der Waals surface area contributed by atoms with E-state index < -0.39 is 33.1 Å². The van der Waals surface area contributed by atoms with Crippen LogP contribution < -0.4 is 21.9 Å². The van der Waals surface area contributed by atoms with Gasteiger partial charge in [0.05, 0.1) is 5.92 Å². The fourth-order valence-electron chi connectivity index (χ4n) is 4.64. The third-order valence-electron chi connectivity index (χ3n) is 6.33. The molecular weight excluding hydrogens is 504 g/mol. The highest BCUT2D eigenvalue weighted by molar-refractivity contribution is 7.89. The maximum Gasteiger partial charge on any atom is 0.330 e. The number of hydrogen-bond donors (Lipinski definition) is 2. The fraction of sp³-hybridized carbons (Fsp3) is 0.652. The summed E-state index contributed by atoms with van der Waals surface area (Å²) in [5, 5.41) is 3.75. The number of sulfonamides is 1. The minimum atomic E-state index is -3.95. The van der Waals surface area contributed by atoms with Gasteiger partial charge in [0, 0.05) is 39.9 Å². The number of methoxy groups -OCH3 is 1. The second-order valence-electron chi connectivity index (χ2n) is 9.69. The van der Waals surface area contributed by atoms with Gasteiger partial charge in [-0.3, -0.25) is 19.1 Å². The zero-order valence-electron chi connectivity index (χ0n) is 21.9. The van der Waals surface area contributed by atoms with Crippen molar-refractivity contribution in [2.45, 2.75) is 58.4 Å². The highest BCUT2D eigenvalue weighted by Crippen LogP contribution is 2.30. The normalized spacial score (nSPS) is 16.9. The summed E-state index contributed by atoms with van der Waals surface area (Å²) >= 11 is 0. The molecule has 1 aliphatic heterocycles. The Morgan fingerprint density at radius 2 is 2.03 bits per heavy atom. The number of piperidine rings is 1. The second kappa shape index (κ2) is 11.6. The standard InChI is InChI=1S/C23H36N6O7S/c1-14(2)12-29-20(24)18(21(30)25-23(29)32)28(10-7-11-35-5)22(31)17-8-6-9-27(13-17)37(33,34)19-15(3)26-36-16(19)4/h14,17H,6-13,24H2,1-5H3,(H,25,30,32)/t17-/m0/s1. The summed E-state index contributed by atoms with van der Waals surface area (Å²) < 4.78 is 39.4. The molecule has 13 nitrogen and oxygen atoms in total. The molecule has 0 bridgehead atoms. The van der Waals surface area contributed by atoms with Crippen molar-refractivity contribution in [2.24, 2.45) is 11.8 Å². The van der Waals surface area contributed by atoms with Crippen LogP contribution in [0, 0.1) is 25.7 Å². The second-order valence-corrected chi connectivity index (χ2v) is 11.6. The van der Waals surface area contributed by atoms with Crippen LogP contribution in [0.4, 0.5) is 11.5 Å². The first-order chi connectivity index (χ1) is 17.4. The zero-order valence-corrected chi connectivity index (χ0v) is 22.8. The number of ether oxygens (including phenoxy) is 1. The molecule has 0 saturated carbocycles. The highest BCUT2D eigenvalue weighted by Gasteiger charge is 2.38. The van der Waals surface area contributed by atoms with Gasteiger partial charge >= 0.3 is 5.69 Å². The number of amides is 1. The molecule has 0 spiro atoms. The van der Waals surface area contributed by atoms with Crippen LogP contribution in [0.2, 0.25) is 0 Å². The predicted molar refractivity (Wildman–Crippen MR) is 137 cm³/mol. The number of hydrogen-bond acceptors (Lipinski definition) is 9. The Hall–Kier alpha value is -2.97. The van der Waals surface area contributed by atoms with Crippen LogP contribution in [0.5, 0.6) is 0 Å². The van der Waals surface area contributed by atoms with Crippen LogP contribution >= 0.6 is 0 Å². The first kappa shape index (κ1) is 28.6. The van der Waals surface area contributed by atoms with E-state index in [0.717, 1.165) is 0 Å². The number of aromatic amines is 1. The number of nitrogens with zero attached hydrogens (tertiary/aromatic N) is 4. The highest BCUT2D eigenvalue weighted by atomic mass is 32.2. The maximum atomic E-state index is 13.8. The molecule has 0 radical (unpaired) electrons. The third kappa shape index (κ3) is 5.96. The van der Waals surface area contributed by atoms with E-state index in [0.29, 0.717) is 25.9 Å². The molecule has 3 N–H and O–H groups in total. The van der Waals surface area contributed by atoms with Gasteiger partial charge in [0.2, 0.25) is 15.9 Å². The van der Waals surface area contributed by atoms with Gasteiger partial charge in [-0.1, -0.05) is 19.0 Å². The van der Waals surface area contributed by atoms with Crippen LogP contribution in [0.25, 0.3) is 0 Å². The lowest BCUT2D eigenvalue weighted by molar-refractivity contribution is -0.123. The lowest BCUT2D eigenvalue weighted by atomic mass is 9.97. The molecule has 2 aromatic heterocycles. The lowest BCUT2D eigenvalue weighted by Gasteiger charge is -2.34. The van der Waals surface area contributed by atoms with E-state index in [2.05, 4.69) is 10.1 Å². The van der Waals surface area contributed by atoms with Gasteiger partial charge in [0.1, 0.15) is 16.4 Å². The van der Waals surface area contributed by atoms with Crippen molar-refractivity contribution >= 4 is 27.4 Å². The van der Waals surface area contributed by atoms with Crippen molar-refractivity contribution in [3.05, 3.63) is 32.3 Å². The molecule has 1 atom stereocenters. The smallest absolute Gasteiger partial charge is 0.330 e.